The van der Waals surface area contributed by atoms with E-state index in [4.69, 9.17) is 5.11 Å². The van der Waals surface area contributed by atoms with Crippen molar-refractivity contribution >= 4 is 11.9 Å². The summed E-state index contributed by atoms with van der Waals surface area (Å²) in [6.45, 7) is 1.72. The molecule has 5 nitrogen and oxygen atoms in total. The van der Waals surface area contributed by atoms with Gasteiger partial charge in [0.05, 0.1) is 0 Å². The van der Waals surface area contributed by atoms with E-state index in [1.165, 1.54) is 0 Å². The molecule has 0 fully saturated rings. The van der Waals surface area contributed by atoms with Gasteiger partial charge in [-0.05, 0) is 36.8 Å². The van der Waals surface area contributed by atoms with E-state index >= 15 is 0 Å². The number of carbonyl (C=O) groups excluding carboxylic acids is 1. The van der Waals surface area contributed by atoms with Gasteiger partial charge in [-0.3, -0.25) is 4.79 Å². The van der Waals surface area contributed by atoms with E-state index < -0.39 is 12.0 Å². The Hall–Kier alpha value is -2.56. The van der Waals surface area contributed by atoms with E-state index in [1.54, 1.807) is 25.1 Å². The van der Waals surface area contributed by atoms with Crippen molar-refractivity contribution in [3.8, 4) is 5.69 Å². The van der Waals surface area contributed by atoms with E-state index in [0.717, 1.165) is 5.69 Å². The number of benzene rings is 1. The van der Waals surface area contributed by atoms with E-state index in [9.17, 15) is 9.59 Å². The van der Waals surface area contributed by atoms with Crippen LogP contribution in [0, 0.1) is 0 Å². The lowest BCUT2D eigenvalue weighted by molar-refractivity contribution is -0.139. The summed E-state index contributed by atoms with van der Waals surface area (Å²) in [6, 6.07) is 9.96. The van der Waals surface area contributed by atoms with Crippen molar-refractivity contribution in [1.82, 2.24) is 9.88 Å². The molecular formula is C15H16N2O3. The fraction of sp³-hybridized carbons (Fsp3) is 0.200. The molecule has 0 radical (unpaired) electrons. The maximum absolute atomic E-state index is 12.1. The number of aliphatic carboxylic acids is 1. The topological polar surface area (TPSA) is 71.3 Å². The van der Waals surface area contributed by atoms with Gasteiger partial charge in [-0.2, -0.15) is 0 Å². The largest absolute Gasteiger partial charge is 0.480 e. The fourth-order valence-electron chi connectivity index (χ4n) is 1.89. The van der Waals surface area contributed by atoms with Gasteiger partial charge < -0.3 is 15.0 Å². The van der Waals surface area contributed by atoms with Crippen LogP contribution in [-0.2, 0) is 4.79 Å². The second-order valence-electron chi connectivity index (χ2n) is 4.41. The quantitative estimate of drug-likeness (QED) is 0.875. The molecule has 2 N–H and O–H groups in total. The standard InChI is InChI=1S/C15H16N2O3/c1-2-13(15(19)20)16-14(18)11-6-5-7-12(10-11)17-8-3-4-9-17/h3-10,13H,2H2,1H3,(H,16,18)(H,19,20)/t13-/m1/s1. The Kier molecular flexibility index (Phi) is 4.20. The zero-order chi connectivity index (χ0) is 14.5. The Bertz CT molecular complexity index is 605. The summed E-state index contributed by atoms with van der Waals surface area (Å²) in [4.78, 5) is 23.0. The predicted octanol–water partition coefficient (Wildman–Crippen LogP) is 2.07. The van der Waals surface area contributed by atoms with Crippen molar-refractivity contribution in [2.24, 2.45) is 0 Å². The van der Waals surface area contributed by atoms with Gasteiger partial charge in [-0.1, -0.05) is 13.0 Å². The molecule has 20 heavy (non-hydrogen) atoms. The van der Waals surface area contributed by atoms with Gasteiger partial charge in [0.1, 0.15) is 6.04 Å². The van der Waals surface area contributed by atoms with E-state index in [0.29, 0.717) is 12.0 Å². The van der Waals surface area contributed by atoms with Gasteiger partial charge in [0, 0.05) is 23.6 Å². The molecule has 5 heteroatoms. The average molecular weight is 272 g/mol. The Morgan fingerprint density at radius 2 is 1.95 bits per heavy atom. The molecule has 104 valence electrons. The molecule has 0 saturated carbocycles. The second kappa shape index (κ2) is 6.06. The Labute approximate surface area is 116 Å². The van der Waals surface area contributed by atoms with Crippen molar-refractivity contribution in [2.45, 2.75) is 19.4 Å². The van der Waals surface area contributed by atoms with Gasteiger partial charge in [0.15, 0.2) is 0 Å². The minimum absolute atomic E-state index is 0.346. The van der Waals surface area contributed by atoms with Crippen LogP contribution < -0.4 is 5.32 Å². The van der Waals surface area contributed by atoms with Crippen molar-refractivity contribution in [3.63, 3.8) is 0 Å². The number of carboxylic acids is 1. The minimum Gasteiger partial charge on any atom is -0.480 e. The number of rotatable bonds is 5. The van der Waals surface area contributed by atoms with Crippen molar-refractivity contribution in [3.05, 3.63) is 54.4 Å². The van der Waals surface area contributed by atoms with Crippen molar-refractivity contribution < 1.29 is 14.7 Å². The van der Waals surface area contributed by atoms with Crippen LogP contribution in [0.1, 0.15) is 23.7 Å². The molecule has 2 aromatic rings. The molecule has 2 rings (SSSR count). The van der Waals surface area contributed by atoms with E-state index in [2.05, 4.69) is 5.32 Å². The molecule has 1 heterocycles. The number of hydrogen-bond acceptors (Lipinski definition) is 2. The summed E-state index contributed by atoms with van der Waals surface area (Å²) in [5, 5.41) is 11.5. The SMILES string of the molecule is CC[C@@H](NC(=O)c1cccc(-n2cccc2)c1)C(=O)O. The zero-order valence-electron chi connectivity index (χ0n) is 11.1. The number of carboxylic acid groups (broad SMARTS) is 1. The van der Waals surface area contributed by atoms with Gasteiger partial charge in [0.25, 0.3) is 5.91 Å². The highest BCUT2D eigenvalue weighted by molar-refractivity contribution is 5.97. The first-order chi connectivity index (χ1) is 9.61. The monoisotopic (exact) mass is 272 g/mol. The highest BCUT2D eigenvalue weighted by Crippen LogP contribution is 2.11. The molecular weight excluding hydrogens is 256 g/mol. The van der Waals surface area contributed by atoms with Crippen LogP contribution in [0.4, 0.5) is 0 Å². The number of carbonyl (C=O) groups is 2. The summed E-state index contributed by atoms with van der Waals surface area (Å²) in [5.41, 5.74) is 1.29. The van der Waals surface area contributed by atoms with Crippen LogP contribution in [0.15, 0.2) is 48.8 Å². The highest BCUT2D eigenvalue weighted by atomic mass is 16.4. The number of nitrogens with zero attached hydrogens (tertiary/aromatic N) is 1. The van der Waals surface area contributed by atoms with Gasteiger partial charge >= 0.3 is 5.97 Å². The van der Waals surface area contributed by atoms with Crippen molar-refractivity contribution in [1.29, 1.82) is 0 Å². The zero-order valence-corrected chi connectivity index (χ0v) is 11.1. The molecule has 0 aliphatic heterocycles. The normalized spacial score (nSPS) is 11.8. The minimum atomic E-state index is -1.03. The van der Waals surface area contributed by atoms with E-state index in [-0.39, 0.29) is 5.91 Å². The van der Waals surface area contributed by atoms with Crippen LogP contribution >= 0.6 is 0 Å². The van der Waals surface area contributed by atoms with Gasteiger partial charge in [-0.15, -0.1) is 0 Å². The lowest BCUT2D eigenvalue weighted by Gasteiger charge is -2.13. The smallest absolute Gasteiger partial charge is 0.326 e. The number of aromatic nitrogens is 1. The molecule has 1 aromatic heterocycles. The fourth-order valence-corrected chi connectivity index (χ4v) is 1.89. The Morgan fingerprint density at radius 3 is 2.55 bits per heavy atom. The summed E-state index contributed by atoms with van der Waals surface area (Å²) < 4.78 is 1.88. The number of amides is 1. The Morgan fingerprint density at radius 1 is 1.25 bits per heavy atom. The number of nitrogens with one attached hydrogen (secondary N) is 1. The summed E-state index contributed by atoms with van der Waals surface area (Å²) >= 11 is 0. The molecule has 0 spiro atoms. The predicted molar refractivity (Wildman–Crippen MR) is 75.0 cm³/mol. The maximum Gasteiger partial charge on any atom is 0.326 e. The third-order valence-corrected chi connectivity index (χ3v) is 3.02. The summed E-state index contributed by atoms with van der Waals surface area (Å²) in [7, 11) is 0. The molecule has 0 aliphatic rings. The molecule has 0 unspecified atom stereocenters. The third kappa shape index (κ3) is 3.06. The van der Waals surface area contributed by atoms with Crippen molar-refractivity contribution in [2.75, 3.05) is 0 Å². The molecule has 0 bridgehead atoms. The first kappa shape index (κ1) is 13.9. The average Bonchev–Trinajstić information content (AvgIpc) is 2.98. The lowest BCUT2D eigenvalue weighted by atomic mass is 10.1. The Balaban J connectivity index is 2.19. The molecule has 1 atom stereocenters. The molecule has 0 aliphatic carbocycles. The summed E-state index contributed by atoms with van der Waals surface area (Å²) in [6.07, 6.45) is 4.10. The molecule has 1 amide bonds. The first-order valence-corrected chi connectivity index (χ1v) is 6.39. The lowest BCUT2D eigenvalue weighted by Crippen LogP contribution is -2.40. The van der Waals surface area contributed by atoms with Gasteiger partial charge in [0.2, 0.25) is 0 Å². The summed E-state index contributed by atoms with van der Waals surface area (Å²) in [5.74, 6) is -1.41. The van der Waals surface area contributed by atoms with Crippen LogP contribution in [0.25, 0.3) is 5.69 Å². The van der Waals surface area contributed by atoms with Gasteiger partial charge in [-0.25, -0.2) is 4.79 Å². The molecule has 1 aromatic carbocycles. The maximum atomic E-state index is 12.1. The first-order valence-electron chi connectivity index (χ1n) is 6.39. The van der Waals surface area contributed by atoms with E-state index in [1.807, 2.05) is 35.2 Å². The second-order valence-corrected chi connectivity index (χ2v) is 4.41. The van der Waals surface area contributed by atoms with Crippen LogP contribution in [0.2, 0.25) is 0 Å². The molecule has 0 saturated heterocycles. The number of hydrogen-bond donors (Lipinski definition) is 2. The van der Waals surface area contributed by atoms with Crippen LogP contribution in [-0.4, -0.2) is 27.6 Å². The third-order valence-electron chi connectivity index (χ3n) is 3.02. The highest BCUT2D eigenvalue weighted by Gasteiger charge is 2.18. The van der Waals surface area contributed by atoms with Crippen LogP contribution in [0.5, 0.6) is 0 Å². The van der Waals surface area contributed by atoms with Crippen LogP contribution in [0.3, 0.4) is 0 Å².